The lowest BCUT2D eigenvalue weighted by molar-refractivity contribution is -0.141. The molecule has 1 aromatic carbocycles. The van der Waals surface area contributed by atoms with Crippen LogP contribution in [-0.4, -0.2) is 64.1 Å². The Hall–Kier alpha value is -1.57. The standard InChI is InChI=1S/C33H50N4O2S/c34-32(18-10-19-32)31(39)37-23-21-36(22-24-37)30(38)26-16-14-25(15-17-26)29-35-28-13-8-9-20-33(28,40-29)27-11-6-4-2-1-3-5-7-12-27/h14-17,27-29,35H,1-13,18-24,34H2. The molecular formula is C33H50N4O2S. The molecule has 40 heavy (non-hydrogen) atoms. The molecule has 3 atom stereocenters. The van der Waals surface area contributed by atoms with E-state index >= 15 is 0 Å². The van der Waals surface area contributed by atoms with Gasteiger partial charge in [0.25, 0.3) is 5.91 Å². The Kier molecular flexibility index (Phi) is 8.81. The summed E-state index contributed by atoms with van der Waals surface area (Å²) in [5.41, 5.74) is 7.66. The number of amides is 2. The predicted molar refractivity (Wildman–Crippen MR) is 163 cm³/mol. The minimum atomic E-state index is -0.654. The van der Waals surface area contributed by atoms with Crippen LogP contribution >= 0.6 is 11.8 Å². The van der Waals surface area contributed by atoms with Crippen molar-refractivity contribution in [2.45, 2.75) is 124 Å². The Morgan fingerprint density at radius 1 is 0.750 bits per heavy atom. The van der Waals surface area contributed by atoms with E-state index in [1.54, 1.807) is 0 Å². The molecule has 6 rings (SSSR count). The minimum absolute atomic E-state index is 0.0700. The van der Waals surface area contributed by atoms with Crippen LogP contribution in [0.4, 0.5) is 0 Å². The monoisotopic (exact) mass is 566 g/mol. The third-order valence-corrected chi connectivity index (χ3v) is 12.8. The van der Waals surface area contributed by atoms with Crippen LogP contribution in [0.15, 0.2) is 24.3 Å². The summed E-state index contributed by atoms with van der Waals surface area (Å²) < 4.78 is 0.370. The zero-order chi connectivity index (χ0) is 27.6. The van der Waals surface area contributed by atoms with Gasteiger partial charge in [0.2, 0.25) is 5.91 Å². The van der Waals surface area contributed by atoms with Gasteiger partial charge in [0.15, 0.2) is 0 Å². The van der Waals surface area contributed by atoms with Crippen LogP contribution in [0.25, 0.3) is 0 Å². The average molecular weight is 567 g/mol. The Labute approximate surface area is 245 Å². The van der Waals surface area contributed by atoms with Gasteiger partial charge < -0.3 is 15.5 Å². The number of benzene rings is 1. The summed E-state index contributed by atoms with van der Waals surface area (Å²) in [6.07, 6.45) is 20.7. The molecule has 3 N–H and O–H groups in total. The van der Waals surface area contributed by atoms with Crippen LogP contribution in [0, 0.1) is 5.92 Å². The van der Waals surface area contributed by atoms with E-state index in [1.165, 1.54) is 89.0 Å². The number of hydrogen-bond donors (Lipinski definition) is 2. The van der Waals surface area contributed by atoms with Gasteiger partial charge in [-0.1, -0.05) is 69.9 Å². The first-order chi connectivity index (χ1) is 19.5. The fourth-order valence-corrected chi connectivity index (χ4v) is 10.2. The summed E-state index contributed by atoms with van der Waals surface area (Å²) in [5, 5.41) is 4.39. The number of rotatable bonds is 4. The molecule has 0 aromatic heterocycles. The zero-order valence-electron chi connectivity index (χ0n) is 24.4. The number of carbonyl (C=O) groups excluding carboxylic acids is 2. The van der Waals surface area contributed by atoms with Crippen LogP contribution in [0.2, 0.25) is 0 Å². The highest BCUT2D eigenvalue weighted by Gasteiger charge is 2.53. The van der Waals surface area contributed by atoms with E-state index in [2.05, 4.69) is 29.2 Å². The molecule has 5 fully saturated rings. The van der Waals surface area contributed by atoms with Crippen molar-refractivity contribution < 1.29 is 9.59 Å². The van der Waals surface area contributed by atoms with E-state index in [4.69, 9.17) is 5.73 Å². The van der Waals surface area contributed by atoms with Gasteiger partial charge in [-0.25, -0.2) is 0 Å². The summed E-state index contributed by atoms with van der Waals surface area (Å²) in [6.45, 7) is 2.31. The first-order valence-electron chi connectivity index (χ1n) is 16.4. The maximum atomic E-state index is 13.3. The van der Waals surface area contributed by atoms with Gasteiger partial charge in [-0.3, -0.25) is 14.9 Å². The smallest absolute Gasteiger partial charge is 0.253 e. The number of thioether (sulfide) groups is 1. The second kappa shape index (κ2) is 12.3. The van der Waals surface area contributed by atoms with E-state index in [0.29, 0.717) is 42.3 Å². The van der Waals surface area contributed by atoms with E-state index in [0.717, 1.165) is 30.7 Å². The highest BCUT2D eigenvalue weighted by molar-refractivity contribution is 8.01. The third-order valence-electron chi connectivity index (χ3n) is 10.9. The molecule has 0 spiro atoms. The van der Waals surface area contributed by atoms with Gasteiger partial charge in [-0.2, -0.15) is 0 Å². The fourth-order valence-electron chi connectivity index (χ4n) is 8.20. The SMILES string of the molecule is NC1(C(=O)N2CCN(C(=O)c3ccc(C4NC5CCCCC5(C5CCCCCCCCC5)S4)cc3)CC2)CCC1. The summed E-state index contributed by atoms with van der Waals surface area (Å²) in [6, 6.07) is 9.03. The third kappa shape index (κ3) is 5.72. The number of nitrogens with one attached hydrogen (secondary N) is 1. The van der Waals surface area contributed by atoms with Crippen molar-refractivity contribution >= 4 is 23.6 Å². The lowest BCUT2D eigenvalue weighted by atomic mass is 9.71. The number of nitrogens with two attached hydrogens (primary N) is 1. The van der Waals surface area contributed by atoms with Crippen LogP contribution in [0.1, 0.15) is 124 Å². The maximum absolute atomic E-state index is 13.3. The zero-order valence-corrected chi connectivity index (χ0v) is 25.2. The topological polar surface area (TPSA) is 78.7 Å². The molecule has 5 aliphatic rings. The van der Waals surface area contributed by atoms with Crippen LogP contribution < -0.4 is 11.1 Å². The number of carbonyl (C=O) groups is 2. The van der Waals surface area contributed by atoms with Crippen molar-refractivity contribution in [2.24, 2.45) is 11.7 Å². The van der Waals surface area contributed by atoms with Crippen molar-refractivity contribution in [1.82, 2.24) is 15.1 Å². The molecule has 0 bridgehead atoms. The first-order valence-corrected chi connectivity index (χ1v) is 17.3. The van der Waals surface area contributed by atoms with Crippen LogP contribution in [-0.2, 0) is 4.79 Å². The molecule has 6 nitrogen and oxygen atoms in total. The highest BCUT2D eigenvalue weighted by atomic mass is 32.2. The molecular weight excluding hydrogens is 516 g/mol. The van der Waals surface area contributed by atoms with E-state index in [1.807, 2.05) is 21.9 Å². The Balaban J connectivity index is 1.08. The molecule has 3 unspecified atom stereocenters. The van der Waals surface area contributed by atoms with Crippen molar-refractivity contribution in [3.8, 4) is 0 Å². The average Bonchev–Trinajstić information content (AvgIpc) is 3.39. The number of hydrogen-bond acceptors (Lipinski definition) is 5. The van der Waals surface area contributed by atoms with Crippen molar-refractivity contribution in [1.29, 1.82) is 0 Å². The summed E-state index contributed by atoms with van der Waals surface area (Å²) >= 11 is 2.23. The lowest BCUT2D eigenvalue weighted by Gasteiger charge is -2.44. The van der Waals surface area contributed by atoms with Crippen LogP contribution in [0.3, 0.4) is 0 Å². The van der Waals surface area contributed by atoms with E-state index in [-0.39, 0.29) is 11.8 Å². The summed E-state index contributed by atoms with van der Waals surface area (Å²) in [4.78, 5) is 29.9. The summed E-state index contributed by atoms with van der Waals surface area (Å²) in [5.74, 6) is 0.965. The number of nitrogens with zero attached hydrogens (tertiary/aromatic N) is 2. The van der Waals surface area contributed by atoms with E-state index < -0.39 is 5.54 Å². The molecule has 1 aromatic rings. The molecule has 2 aliphatic heterocycles. The molecule has 220 valence electrons. The summed E-state index contributed by atoms with van der Waals surface area (Å²) in [7, 11) is 0. The largest absolute Gasteiger partial charge is 0.338 e. The molecule has 2 heterocycles. The molecule has 7 heteroatoms. The van der Waals surface area contributed by atoms with E-state index in [9.17, 15) is 9.59 Å². The molecule has 2 amide bonds. The van der Waals surface area contributed by atoms with Crippen LogP contribution in [0.5, 0.6) is 0 Å². The van der Waals surface area contributed by atoms with Gasteiger partial charge in [-0.15, -0.1) is 11.8 Å². The highest BCUT2D eigenvalue weighted by Crippen LogP contribution is 2.58. The van der Waals surface area contributed by atoms with Crippen molar-refractivity contribution in [3.63, 3.8) is 0 Å². The van der Waals surface area contributed by atoms with Gasteiger partial charge in [0, 0.05) is 42.5 Å². The fraction of sp³-hybridized carbons (Fsp3) is 0.758. The second-order valence-electron chi connectivity index (χ2n) is 13.4. The Morgan fingerprint density at radius 3 is 1.98 bits per heavy atom. The Morgan fingerprint density at radius 2 is 1.35 bits per heavy atom. The van der Waals surface area contributed by atoms with Crippen molar-refractivity contribution in [3.05, 3.63) is 35.4 Å². The first kappa shape index (κ1) is 28.5. The Bertz CT molecular complexity index is 1030. The lowest BCUT2D eigenvalue weighted by Crippen LogP contribution is -2.62. The quantitative estimate of drug-likeness (QED) is 0.467. The minimum Gasteiger partial charge on any atom is -0.338 e. The van der Waals surface area contributed by atoms with Gasteiger partial charge in [0.05, 0.1) is 10.9 Å². The second-order valence-corrected chi connectivity index (χ2v) is 14.9. The van der Waals surface area contributed by atoms with Gasteiger partial charge >= 0.3 is 0 Å². The predicted octanol–water partition coefficient (Wildman–Crippen LogP) is 6.01. The maximum Gasteiger partial charge on any atom is 0.253 e. The molecule has 2 saturated heterocycles. The van der Waals surface area contributed by atoms with Crippen molar-refractivity contribution in [2.75, 3.05) is 26.2 Å². The number of fused-ring (bicyclic) bond motifs is 1. The number of piperazine rings is 1. The molecule has 3 saturated carbocycles. The molecule has 3 aliphatic carbocycles. The normalized spacial score (nSPS) is 31.7. The molecule has 0 radical (unpaired) electrons. The van der Waals surface area contributed by atoms with Gasteiger partial charge in [0.1, 0.15) is 0 Å². The van der Waals surface area contributed by atoms with Gasteiger partial charge in [-0.05, 0) is 68.6 Å².